The average Bonchev–Trinajstić information content (AvgIpc) is 3.93. The molecule has 2 atom stereocenters. The summed E-state index contributed by atoms with van der Waals surface area (Å²) in [4.78, 5) is 43.0. The van der Waals surface area contributed by atoms with Crippen molar-refractivity contribution in [2.45, 2.75) is 49.1 Å². The van der Waals surface area contributed by atoms with Crippen LogP contribution in [0.2, 0.25) is 0 Å². The number of rotatable bonds is 15. The highest BCUT2D eigenvalue weighted by atomic mass is 32.2. The molecule has 0 bridgehead atoms. The van der Waals surface area contributed by atoms with E-state index in [1.807, 2.05) is 24.3 Å². The number of ether oxygens (including phenoxy) is 1. The largest absolute Gasteiger partial charge is 0.484 e. The van der Waals surface area contributed by atoms with Crippen LogP contribution in [0.15, 0.2) is 77.7 Å². The van der Waals surface area contributed by atoms with Gasteiger partial charge in [-0.1, -0.05) is 48.5 Å². The summed E-state index contributed by atoms with van der Waals surface area (Å²) in [6.45, 7) is 1.60. The van der Waals surface area contributed by atoms with Crippen LogP contribution in [0.3, 0.4) is 0 Å². The van der Waals surface area contributed by atoms with E-state index >= 15 is 0 Å². The molecule has 1 aliphatic heterocycles. The van der Waals surface area contributed by atoms with Crippen molar-refractivity contribution < 1.29 is 27.5 Å². The van der Waals surface area contributed by atoms with Gasteiger partial charge in [0, 0.05) is 38.8 Å². The maximum atomic E-state index is 14.0. The number of para-hydroxylation sites is 1. The van der Waals surface area contributed by atoms with Crippen molar-refractivity contribution in [3.8, 4) is 5.75 Å². The van der Waals surface area contributed by atoms with Gasteiger partial charge in [-0.15, -0.1) is 0 Å². The van der Waals surface area contributed by atoms with Gasteiger partial charge < -0.3 is 30.9 Å². The summed E-state index contributed by atoms with van der Waals surface area (Å²) in [7, 11) is -4.21. The van der Waals surface area contributed by atoms with Crippen molar-refractivity contribution >= 4 is 44.5 Å². The van der Waals surface area contributed by atoms with Crippen molar-refractivity contribution in [1.82, 2.24) is 25.2 Å². The molecule has 1 heterocycles. The Labute approximate surface area is 280 Å². The van der Waals surface area contributed by atoms with Gasteiger partial charge in [0.15, 0.2) is 12.6 Å². The molecule has 48 heavy (non-hydrogen) atoms. The number of benzene rings is 3. The number of nitrogens with zero attached hydrogens (tertiary/aromatic N) is 2. The lowest BCUT2D eigenvalue weighted by Gasteiger charge is -2.33. The molecule has 5 rings (SSSR count). The lowest BCUT2D eigenvalue weighted by molar-refractivity contribution is -0.136. The fourth-order valence-corrected chi connectivity index (χ4v) is 7.05. The zero-order valence-corrected chi connectivity index (χ0v) is 27.6. The summed E-state index contributed by atoms with van der Waals surface area (Å²) in [6, 6.07) is 19.5. The first-order valence-electron chi connectivity index (χ1n) is 16.2. The molecule has 2 fully saturated rings. The van der Waals surface area contributed by atoms with E-state index in [0.29, 0.717) is 25.4 Å². The van der Waals surface area contributed by atoms with Crippen molar-refractivity contribution in [1.29, 1.82) is 5.41 Å². The van der Waals surface area contributed by atoms with E-state index in [0.717, 1.165) is 36.5 Å². The molecule has 2 aliphatic rings. The number of nitrogens with one attached hydrogen (secondary N) is 4. The Morgan fingerprint density at radius 3 is 2.42 bits per heavy atom. The molecule has 0 spiro atoms. The lowest BCUT2D eigenvalue weighted by atomic mass is 9.98. The van der Waals surface area contributed by atoms with E-state index in [1.165, 1.54) is 12.1 Å². The Morgan fingerprint density at radius 1 is 0.958 bits per heavy atom. The predicted octanol–water partition coefficient (Wildman–Crippen LogP) is 1.78. The van der Waals surface area contributed by atoms with Gasteiger partial charge in [0.2, 0.25) is 21.8 Å². The number of fused-ring (bicyclic) bond motifs is 1. The molecule has 0 radical (unpaired) electrons. The zero-order chi connectivity index (χ0) is 34.1. The number of nitrogens with two attached hydrogens (primary N) is 1. The quantitative estimate of drug-likeness (QED) is 0.119. The van der Waals surface area contributed by atoms with Crippen molar-refractivity contribution in [3.63, 3.8) is 0 Å². The molecule has 3 aromatic rings. The molecule has 256 valence electrons. The SMILES string of the molecule is N=C(N)N1CCC[C@@H](CNC(=O)C[C@H](NS(=O)(=O)c2ccc3ccccc3c2)C(=O)N(CCNC(=O)COc2ccccc2)C2CC2)C1. The van der Waals surface area contributed by atoms with Gasteiger partial charge in [0.25, 0.3) is 5.91 Å². The third-order valence-electron chi connectivity index (χ3n) is 8.52. The van der Waals surface area contributed by atoms with Gasteiger partial charge in [-0.3, -0.25) is 19.8 Å². The second-order valence-electron chi connectivity index (χ2n) is 12.2. The molecule has 1 aliphatic carbocycles. The maximum absolute atomic E-state index is 14.0. The Kier molecular flexibility index (Phi) is 11.5. The standard InChI is InChI=1S/C34H43N7O6S/c35-34(36)40-17-6-7-24(22-40)21-38-31(42)20-30(39-48(45,46)29-15-12-25-8-4-5-9-26(25)19-29)33(44)41(27-13-14-27)18-16-37-32(43)23-47-28-10-2-1-3-11-28/h1-5,8-12,15,19,24,27,30,39H,6-7,13-14,16-18,20-23H2,(H3,35,36)(H,37,43)(H,38,42)/t24-,30-/m0/s1. The number of carbonyl (C=O) groups excluding carboxylic acids is 3. The van der Waals surface area contributed by atoms with Crippen LogP contribution in [-0.4, -0.2) is 93.3 Å². The second-order valence-corrected chi connectivity index (χ2v) is 14.0. The minimum atomic E-state index is -4.21. The van der Waals surface area contributed by atoms with Crippen LogP contribution < -0.4 is 25.8 Å². The molecule has 6 N–H and O–H groups in total. The number of amides is 3. The highest BCUT2D eigenvalue weighted by Crippen LogP contribution is 2.28. The summed E-state index contributed by atoms with van der Waals surface area (Å²) in [6.07, 6.45) is 2.74. The van der Waals surface area contributed by atoms with E-state index in [2.05, 4.69) is 15.4 Å². The fraction of sp³-hybridized carbons (Fsp3) is 0.412. The molecular formula is C34H43N7O6S. The van der Waals surface area contributed by atoms with E-state index in [4.69, 9.17) is 15.9 Å². The van der Waals surface area contributed by atoms with Gasteiger partial charge in [-0.2, -0.15) is 4.72 Å². The number of piperidine rings is 1. The highest BCUT2D eigenvalue weighted by Gasteiger charge is 2.38. The Balaban J connectivity index is 1.26. The molecule has 14 heteroatoms. The van der Waals surface area contributed by atoms with Crippen LogP contribution in [0.5, 0.6) is 5.75 Å². The molecule has 3 aromatic carbocycles. The Bertz CT molecular complexity index is 1720. The third-order valence-corrected chi connectivity index (χ3v) is 9.99. The number of likely N-dealkylation sites (tertiary alicyclic amines) is 1. The number of hydrogen-bond acceptors (Lipinski definition) is 7. The monoisotopic (exact) mass is 677 g/mol. The smallest absolute Gasteiger partial charge is 0.258 e. The van der Waals surface area contributed by atoms with Gasteiger partial charge in [0.05, 0.1) is 11.3 Å². The molecule has 3 amide bonds. The van der Waals surface area contributed by atoms with E-state index in [-0.39, 0.29) is 48.4 Å². The van der Waals surface area contributed by atoms with E-state index < -0.39 is 34.3 Å². The molecule has 0 aromatic heterocycles. The first kappa shape index (κ1) is 34.6. The lowest BCUT2D eigenvalue weighted by Crippen LogP contribution is -2.53. The number of guanidine groups is 1. The van der Waals surface area contributed by atoms with Crippen LogP contribution >= 0.6 is 0 Å². The third kappa shape index (κ3) is 9.67. The van der Waals surface area contributed by atoms with Crippen LogP contribution in [0, 0.1) is 11.3 Å². The topological polar surface area (TPSA) is 187 Å². The molecular weight excluding hydrogens is 634 g/mol. The average molecular weight is 678 g/mol. The summed E-state index contributed by atoms with van der Waals surface area (Å²) >= 11 is 0. The van der Waals surface area contributed by atoms with Gasteiger partial charge >= 0.3 is 0 Å². The summed E-state index contributed by atoms with van der Waals surface area (Å²) in [5.41, 5.74) is 5.66. The number of sulfonamides is 1. The second kappa shape index (κ2) is 15.9. The summed E-state index contributed by atoms with van der Waals surface area (Å²) in [5.74, 6) is -0.765. The fourth-order valence-electron chi connectivity index (χ4n) is 5.83. The molecule has 0 unspecified atom stereocenters. The Hall–Kier alpha value is -4.69. The predicted molar refractivity (Wildman–Crippen MR) is 182 cm³/mol. The van der Waals surface area contributed by atoms with Crippen molar-refractivity contribution in [2.24, 2.45) is 11.7 Å². The van der Waals surface area contributed by atoms with E-state index in [9.17, 15) is 22.8 Å². The van der Waals surface area contributed by atoms with Gasteiger partial charge in [-0.05, 0) is 66.6 Å². The highest BCUT2D eigenvalue weighted by molar-refractivity contribution is 7.89. The van der Waals surface area contributed by atoms with Crippen LogP contribution in [0.1, 0.15) is 32.1 Å². The Morgan fingerprint density at radius 2 is 1.69 bits per heavy atom. The first-order chi connectivity index (χ1) is 23.1. The molecule has 1 saturated heterocycles. The van der Waals surface area contributed by atoms with Crippen LogP contribution in [0.25, 0.3) is 10.8 Å². The normalized spacial score (nSPS) is 16.9. The maximum Gasteiger partial charge on any atom is 0.258 e. The summed E-state index contributed by atoms with van der Waals surface area (Å²) in [5, 5.41) is 14.9. The van der Waals surface area contributed by atoms with Crippen LogP contribution in [-0.2, 0) is 24.4 Å². The van der Waals surface area contributed by atoms with Crippen molar-refractivity contribution in [3.05, 3.63) is 72.8 Å². The zero-order valence-electron chi connectivity index (χ0n) is 26.8. The number of carbonyl (C=O) groups is 3. The van der Waals surface area contributed by atoms with E-state index in [1.54, 1.807) is 46.2 Å². The minimum absolute atomic E-state index is 0.0140. The van der Waals surface area contributed by atoms with Crippen LogP contribution in [0.4, 0.5) is 0 Å². The first-order valence-corrected chi connectivity index (χ1v) is 17.7. The van der Waals surface area contributed by atoms with Crippen molar-refractivity contribution in [2.75, 3.05) is 39.3 Å². The summed E-state index contributed by atoms with van der Waals surface area (Å²) < 4.78 is 35.3. The van der Waals surface area contributed by atoms with Gasteiger partial charge in [0.1, 0.15) is 11.8 Å². The molecule has 13 nitrogen and oxygen atoms in total. The number of hydrogen-bond donors (Lipinski definition) is 5. The van der Waals surface area contributed by atoms with Gasteiger partial charge in [-0.25, -0.2) is 8.42 Å². The minimum Gasteiger partial charge on any atom is -0.484 e. The molecule has 1 saturated carbocycles.